The van der Waals surface area contributed by atoms with E-state index in [0.29, 0.717) is 6.04 Å². The van der Waals surface area contributed by atoms with Gasteiger partial charge in [0.2, 0.25) is 0 Å². The lowest BCUT2D eigenvalue weighted by Crippen LogP contribution is -2.40. The zero-order chi connectivity index (χ0) is 20.5. The Balaban J connectivity index is 1.39. The second-order valence-corrected chi connectivity index (χ2v) is 8.20. The monoisotopic (exact) mass is 396 g/mol. The van der Waals surface area contributed by atoms with Crippen molar-refractivity contribution < 1.29 is 10.2 Å². The summed E-state index contributed by atoms with van der Waals surface area (Å²) in [4.78, 5) is 2.64. The highest BCUT2D eigenvalue weighted by atomic mass is 16.3. The van der Waals surface area contributed by atoms with Crippen LogP contribution in [0.15, 0.2) is 42.5 Å². The summed E-state index contributed by atoms with van der Waals surface area (Å²) in [5.41, 5.74) is 3.53. The summed E-state index contributed by atoms with van der Waals surface area (Å²) in [7, 11) is 0. The third-order valence-corrected chi connectivity index (χ3v) is 6.05. The Morgan fingerprint density at radius 3 is 2.62 bits per heavy atom. The van der Waals surface area contributed by atoms with Gasteiger partial charge in [-0.1, -0.05) is 43.3 Å². The van der Waals surface area contributed by atoms with Crippen molar-refractivity contribution in [3.05, 3.63) is 59.2 Å². The molecular formula is C25H36N2O2. The molecule has 1 aliphatic carbocycles. The molecule has 0 saturated carbocycles. The molecule has 0 radical (unpaired) electrons. The van der Waals surface area contributed by atoms with Crippen molar-refractivity contribution in [3.63, 3.8) is 0 Å². The number of phenolic OH excluding ortho intramolecular Hbond substituents is 2. The van der Waals surface area contributed by atoms with Crippen LogP contribution in [0.3, 0.4) is 0 Å². The normalized spacial score (nSPS) is 16.1. The third kappa shape index (κ3) is 6.22. The fourth-order valence-electron chi connectivity index (χ4n) is 4.45. The van der Waals surface area contributed by atoms with Crippen molar-refractivity contribution in [2.45, 2.75) is 57.9 Å². The zero-order valence-electron chi connectivity index (χ0n) is 17.7. The van der Waals surface area contributed by atoms with Gasteiger partial charge in [0.1, 0.15) is 0 Å². The molecule has 1 atom stereocenters. The standard InChI is InChI=1S/C25H36N2O2/c1-2-17-27(18-7-6-15-26-16-14-20-8-4-3-5-9-20)22-11-12-23-21(19-22)10-13-24(28)25(23)29/h3-5,8-10,13,22,26,28-29H,2,6-7,11-12,14-19H2,1H3. The summed E-state index contributed by atoms with van der Waals surface area (Å²) in [6.45, 7) is 6.63. The molecule has 29 heavy (non-hydrogen) atoms. The van der Waals surface area contributed by atoms with Gasteiger partial charge in [0, 0.05) is 11.6 Å². The number of benzene rings is 2. The van der Waals surface area contributed by atoms with Gasteiger partial charge in [-0.3, -0.25) is 0 Å². The fraction of sp³-hybridized carbons (Fsp3) is 0.520. The van der Waals surface area contributed by atoms with Gasteiger partial charge in [-0.2, -0.15) is 0 Å². The molecular weight excluding hydrogens is 360 g/mol. The summed E-state index contributed by atoms with van der Waals surface area (Å²) >= 11 is 0. The molecule has 0 spiro atoms. The van der Waals surface area contributed by atoms with Crippen molar-refractivity contribution in [1.82, 2.24) is 10.2 Å². The van der Waals surface area contributed by atoms with Gasteiger partial charge < -0.3 is 20.4 Å². The first-order valence-electron chi connectivity index (χ1n) is 11.2. The van der Waals surface area contributed by atoms with Gasteiger partial charge in [-0.25, -0.2) is 0 Å². The van der Waals surface area contributed by atoms with Gasteiger partial charge in [0.25, 0.3) is 0 Å². The van der Waals surface area contributed by atoms with Crippen LogP contribution in [0.2, 0.25) is 0 Å². The zero-order valence-corrected chi connectivity index (χ0v) is 17.7. The van der Waals surface area contributed by atoms with Gasteiger partial charge in [-0.05, 0) is 88.3 Å². The van der Waals surface area contributed by atoms with Crippen molar-refractivity contribution >= 4 is 0 Å². The lowest BCUT2D eigenvalue weighted by atomic mass is 9.86. The first-order chi connectivity index (χ1) is 14.2. The molecule has 0 heterocycles. The van der Waals surface area contributed by atoms with E-state index in [1.165, 1.54) is 30.4 Å². The molecule has 4 heteroatoms. The van der Waals surface area contributed by atoms with E-state index in [-0.39, 0.29) is 11.5 Å². The SMILES string of the molecule is CCCN(CCCCNCCc1ccccc1)C1CCc2c(ccc(O)c2O)C1. The first kappa shape index (κ1) is 21.7. The van der Waals surface area contributed by atoms with Gasteiger partial charge >= 0.3 is 0 Å². The molecule has 1 unspecified atom stereocenters. The Morgan fingerprint density at radius 1 is 1.00 bits per heavy atom. The number of nitrogens with zero attached hydrogens (tertiary/aromatic N) is 1. The maximum absolute atomic E-state index is 10.1. The summed E-state index contributed by atoms with van der Waals surface area (Å²) in [6.07, 6.45) is 7.54. The second-order valence-electron chi connectivity index (χ2n) is 8.20. The number of aromatic hydroxyl groups is 2. The van der Waals surface area contributed by atoms with E-state index in [0.717, 1.165) is 57.4 Å². The van der Waals surface area contributed by atoms with Gasteiger partial charge in [0.05, 0.1) is 0 Å². The Morgan fingerprint density at radius 2 is 1.83 bits per heavy atom. The van der Waals surface area contributed by atoms with Gasteiger partial charge in [0.15, 0.2) is 11.5 Å². The second kappa shape index (κ2) is 11.2. The summed E-state index contributed by atoms with van der Waals surface area (Å²) in [6, 6.07) is 14.8. The number of hydrogen-bond acceptors (Lipinski definition) is 4. The number of phenols is 2. The molecule has 0 aromatic heterocycles. The van der Waals surface area contributed by atoms with Crippen LogP contribution in [0.5, 0.6) is 11.5 Å². The number of unbranched alkanes of at least 4 members (excludes halogenated alkanes) is 1. The van der Waals surface area contributed by atoms with Crippen LogP contribution in [0, 0.1) is 0 Å². The van der Waals surface area contributed by atoms with Crippen LogP contribution in [-0.4, -0.2) is 47.3 Å². The smallest absolute Gasteiger partial charge is 0.160 e. The van der Waals surface area contributed by atoms with Crippen molar-refractivity contribution in [2.24, 2.45) is 0 Å². The highest BCUT2D eigenvalue weighted by Gasteiger charge is 2.26. The lowest BCUT2D eigenvalue weighted by Gasteiger charge is -2.35. The van der Waals surface area contributed by atoms with E-state index in [2.05, 4.69) is 47.5 Å². The highest BCUT2D eigenvalue weighted by molar-refractivity contribution is 5.50. The molecule has 4 nitrogen and oxygen atoms in total. The highest BCUT2D eigenvalue weighted by Crippen LogP contribution is 2.36. The van der Waals surface area contributed by atoms with E-state index >= 15 is 0 Å². The summed E-state index contributed by atoms with van der Waals surface area (Å²) in [5, 5.41) is 23.4. The minimum absolute atomic E-state index is 0.00683. The minimum atomic E-state index is 0.00683. The first-order valence-corrected chi connectivity index (χ1v) is 11.2. The predicted octanol–water partition coefficient (Wildman–Crippen LogP) is 4.28. The molecule has 1 aliphatic rings. The average Bonchev–Trinajstić information content (AvgIpc) is 2.75. The minimum Gasteiger partial charge on any atom is -0.504 e. The average molecular weight is 397 g/mol. The van der Waals surface area contributed by atoms with Crippen molar-refractivity contribution in [2.75, 3.05) is 26.2 Å². The van der Waals surface area contributed by atoms with E-state index in [9.17, 15) is 10.2 Å². The molecule has 0 amide bonds. The molecule has 0 aliphatic heterocycles. The van der Waals surface area contributed by atoms with E-state index in [1.54, 1.807) is 6.07 Å². The Labute approximate surface area is 175 Å². The summed E-state index contributed by atoms with van der Waals surface area (Å²) in [5.74, 6) is 0.0944. The largest absolute Gasteiger partial charge is 0.504 e. The Kier molecular flexibility index (Phi) is 8.38. The topological polar surface area (TPSA) is 55.7 Å². The van der Waals surface area contributed by atoms with E-state index in [1.807, 2.05) is 6.07 Å². The molecule has 0 fully saturated rings. The molecule has 0 bridgehead atoms. The van der Waals surface area contributed by atoms with Crippen LogP contribution >= 0.6 is 0 Å². The van der Waals surface area contributed by atoms with Crippen molar-refractivity contribution in [1.29, 1.82) is 0 Å². The van der Waals surface area contributed by atoms with E-state index < -0.39 is 0 Å². The van der Waals surface area contributed by atoms with Gasteiger partial charge in [-0.15, -0.1) is 0 Å². The van der Waals surface area contributed by atoms with E-state index in [4.69, 9.17) is 0 Å². The molecule has 0 saturated heterocycles. The van der Waals surface area contributed by atoms with Crippen LogP contribution < -0.4 is 5.32 Å². The molecule has 3 rings (SSSR count). The van der Waals surface area contributed by atoms with Crippen molar-refractivity contribution in [3.8, 4) is 11.5 Å². The lowest BCUT2D eigenvalue weighted by molar-refractivity contribution is 0.175. The number of rotatable bonds is 11. The molecule has 2 aromatic carbocycles. The van der Waals surface area contributed by atoms with Crippen LogP contribution in [0.1, 0.15) is 49.3 Å². The quantitative estimate of drug-likeness (QED) is 0.392. The fourth-order valence-corrected chi connectivity index (χ4v) is 4.45. The summed E-state index contributed by atoms with van der Waals surface area (Å²) < 4.78 is 0. The predicted molar refractivity (Wildman–Crippen MR) is 120 cm³/mol. The molecule has 158 valence electrons. The van der Waals surface area contributed by atoms with Crippen LogP contribution in [0.25, 0.3) is 0 Å². The maximum atomic E-state index is 10.1. The number of nitrogens with one attached hydrogen (secondary N) is 1. The number of hydrogen-bond donors (Lipinski definition) is 3. The molecule has 3 N–H and O–H groups in total. The Hall–Kier alpha value is -2.04. The van der Waals surface area contributed by atoms with Crippen LogP contribution in [0.4, 0.5) is 0 Å². The third-order valence-electron chi connectivity index (χ3n) is 6.05. The Bertz CT molecular complexity index is 748. The maximum Gasteiger partial charge on any atom is 0.160 e. The van der Waals surface area contributed by atoms with Crippen LogP contribution in [-0.2, 0) is 19.3 Å². The molecule has 2 aromatic rings. The number of fused-ring (bicyclic) bond motifs is 1.